The van der Waals surface area contributed by atoms with Gasteiger partial charge in [0, 0.05) is 7.05 Å². The van der Waals surface area contributed by atoms with E-state index in [4.69, 9.17) is 14.3 Å². The number of fused-ring (bicyclic) bond motifs is 8. The van der Waals surface area contributed by atoms with Gasteiger partial charge in [-0.2, -0.15) is 0 Å². The number of amides is 2. The third-order valence-corrected chi connectivity index (χ3v) is 5.86. The summed E-state index contributed by atoms with van der Waals surface area (Å²) in [5.41, 5.74) is 1.92. The van der Waals surface area contributed by atoms with E-state index in [0.29, 0.717) is 11.3 Å². The highest BCUT2D eigenvalue weighted by molar-refractivity contribution is 6.09. The van der Waals surface area contributed by atoms with Gasteiger partial charge < -0.3 is 14.3 Å². The van der Waals surface area contributed by atoms with Crippen LogP contribution in [0.2, 0.25) is 0 Å². The molecular formula is C18H16N2O6. The standard InChI is InChI=1S/C18H16N2O6/c1-20-16(21)9-10(17(20)22)14-15-11(13(9)25-14)12(19-26-15)7-3-5-8(6-4-7)18(23)24-2/h3-6,9-11,13-15H,1-2H3/t9-,10+,11+,13-,14+,15+/m1/s1. The first-order valence-electron chi connectivity index (χ1n) is 8.42. The van der Waals surface area contributed by atoms with Crippen molar-refractivity contribution in [1.82, 2.24) is 4.90 Å². The molecule has 3 saturated heterocycles. The molecule has 3 fully saturated rings. The summed E-state index contributed by atoms with van der Waals surface area (Å²) in [7, 11) is 2.84. The van der Waals surface area contributed by atoms with Gasteiger partial charge in [0.05, 0.1) is 42.2 Å². The zero-order valence-electron chi connectivity index (χ0n) is 14.1. The van der Waals surface area contributed by atoms with Crippen LogP contribution in [0, 0.1) is 17.8 Å². The number of esters is 1. The molecule has 0 N–H and O–H groups in total. The summed E-state index contributed by atoms with van der Waals surface area (Å²) < 4.78 is 10.7. The Morgan fingerprint density at radius 2 is 1.69 bits per heavy atom. The van der Waals surface area contributed by atoms with E-state index in [2.05, 4.69) is 5.16 Å². The summed E-state index contributed by atoms with van der Waals surface area (Å²) in [4.78, 5) is 43.2. The molecule has 0 aromatic heterocycles. The number of nitrogens with zero attached hydrogens (tertiary/aromatic N) is 2. The molecule has 2 bridgehead atoms. The number of methoxy groups -OCH3 is 1. The molecule has 1 aromatic rings. The molecule has 134 valence electrons. The fourth-order valence-corrected chi connectivity index (χ4v) is 4.64. The van der Waals surface area contributed by atoms with E-state index in [9.17, 15) is 14.4 Å². The molecule has 8 heteroatoms. The first kappa shape index (κ1) is 15.5. The monoisotopic (exact) mass is 356 g/mol. The molecule has 26 heavy (non-hydrogen) atoms. The molecule has 0 unspecified atom stereocenters. The maximum atomic E-state index is 12.5. The molecule has 5 rings (SSSR count). The lowest BCUT2D eigenvalue weighted by molar-refractivity contribution is -0.141. The van der Waals surface area contributed by atoms with E-state index in [-0.39, 0.29) is 23.8 Å². The van der Waals surface area contributed by atoms with Crippen LogP contribution in [0.5, 0.6) is 0 Å². The molecule has 4 aliphatic heterocycles. The van der Waals surface area contributed by atoms with Crippen molar-refractivity contribution in [3.05, 3.63) is 35.4 Å². The molecule has 0 aliphatic carbocycles. The van der Waals surface area contributed by atoms with Crippen LogP contribution < -0.4 is 0 Å². The zero-order valence-corrected chi connectivity index (χ0v) is 14.1. The molecular weight excluding hydrogens is 340 g/mol. The largest absolute Gasteiger partial charge is 0.465 e. The molecule has 6 atom stereocenters. The van der Waals surface area contributed by atoms with E-state index in [1.165, 1.54) is 19.1 Å². The number of carbonyl (C=O) groups is 3. The minimum absolute atomic E-state index is 0.196. The first-order valence-corrected chi connectivity index (χ1v) is 8.42. The van der Waals surface area contributed by atoms with Crippen LogP contribution in [0.4, 0.5) is 0 Å². The zero-order chi connectivity index (χ0) is 18.2. The Bertz CT molecular complexity index is 863. The van der Waals surface area contributed by atoms with Crippen molar-refractivity contribution in [1.29, 1.82) is 0 Å². The molecule has 2 amide bonds. The quantitative estimate of drug-likeness (QED) is 0.555. The average molecular weight is 356 g/mol. The van der Waals surface area contributed by atoms with Crippen LogP contribution in [-0.2, 0) is 23.9 Å². The number of benzene rings is 1. The first-order chi connectivity index (χ1) is 12.5. The SMILES string of the molecule is COC(=O)c1ccc(C2=NO[C@@H]3[C@H]4O[C@@H]([C@H]23)[C@@H]2C(=O)N(C)C(=O)[C@H]42)cc1. The molecule has 4 heterocycles. The fraction of sp³-hybridized carbons (Fsp3) is 0.444. The summed E-state index contributed by atoms with van der Waals surface area (Å²) in [6.45, 7) is 0. The minimum Gasteiger partial charge on any atom is -0.465 e. The van der Waals surface area contributed by atoms with Gasteiger partial charge in [0.25, 0.3) is 0 Å². The van der Waals surface area contributed by atoms with Crippen molar-refractivity contribution in [3.63, 3.8) is 0 Å². The number of ether oxygens (including phenoxy) is 2. The van der Waals surface area contributed by atoms with Gasteiger partial charge in [0.2, 0.25) is 11.8 Å². The number of carbonyl (C=O) groups excluding carboxylic acids is 3. The summed E-state index contributed by atoms with van der Waals surface area (Å²) in [5, 5.41) is 4.21. The number of oxime groups is 1. The summed E-state index contributed by atoms with van der Waals surface area (Å²) in [5.74, 6) is -1.96. The molecule has 8 nitrogen and oxygen atoms in total. The molecule has 1 aromatic carbocycles. The Hall–Kier alpha value is -2.74. The third-order valence-electron chi connectivity index (χ3n) is 5.86. The maximum Gasteiger partial charge on any atom is 0.337 e. The topological polar surface area (TPSA) is 94.5 Å². The van der Waals surface area contributed by atoms with Crippen LogP contribution in [0.15, 0.2) is 29.4 Å². The molecule has 0 radical (unpaired) electrons. The second-order valence-electron chi connectivity index (χ2n) is 6.99. The number of hydrogen-bond donors (Lipinski definition) is 0. The number of likely N-dealkylation sites (tertiary alicyclic amines) is 1. The maximum absolute atomic E-state index is 12.5. The number of imide groups is 1. The van der Waals surface area contributed by atoms with E-state index >= 15 is 0 Å². The highest BCUT2D eigenvalue weighted by atomic mass is 16.7. The van der Waals surface area contributed by atoms with Gasteiger partial charge in [-0.25, -0.2) is 4.79 Å². The van der Waals surface area contributed by atoms with Gasteiger partial charge in [-0.15, -0.1) is 0 Å². The van der Waals surface area contributed by atoms with Crippen molar-refractivity contribution in [3.8, 4) is 0 Å². The summed E-state index contributed by atoms with van der Waals surface area (Å²) in [6, 6.07) is 6.86. The van der Waals surface area contributed by atoms with Gasteiger partial charge in [-0.05, 0) is 17.7 Å². The predicted octanol–water partition coefficient (Wildman–Crippen LogP) is 0.204. The van der Waals surface area contributed by atoms with Gasteiger partial charge in [0.1, 0.15) is 6.10 Å². The van der Waals surface area contributed by atoms with Crippen LogP contribution in [0.1, 0.15) is 15.9 Å². The van der Waals surface area contributed by atoms with Crippen LogP contribution in [-0.4, -0.2) is 60.9 Å². The molecule has 0 spiro atoms. The Labute approximate surface area is 148 Å². The Morgan fingerprint density at radius 1 is 1.04 bits per heavy atom. The van der Waals surface area contributed by atoms with E-state index in [1.54, 1.807) is 24.3 Å². The Morgan fingerprint density at radius 3 is 2.35 bits per heavy atom. The average Bonchev–Trinajstić information content (AvgIpc) is 3.39. The van der Waals surface area contributed by atoms with E-state index in [0.717, 1.165) is 5.56 Å². The van der Waals surface area contributed by atoms with Crippen molar-refractivity contribution in [2.24, 2.45) is 22.9 Å². The second-order valence-corrected chi connectivity index (χ2v) is 6.99. The van der Waals surface area contributed by atoms with Crippen LogP contribution >= 0.6 is 0 Å². The van der Waals surface area contributed by atoms with Gasteiger partial charge in [-0.3, -0.25) is 14.5 Å². The third kappa shape index (κ3) is 1.77. The Balaban J connectivity index is 1.46. The van der Waals surface area contributed by atoms with E-state index < -0.39 is 30.0 Å². The van der Waals surface area contributed by atoms with Gasteiger partial charge in [0.15, 0.2) is 6.10 Å². The van der Waals surface area contributed by atoms with Crippen molar-refractivity contribution >= 4 is 23.5 Å². The lowest BCUT2D eigenvalue weighted by Crippen LogP contribution is -2.45. The number of hydrogen-bond acceptors (Lipinski definition) is 7. The smallest absolute Gasteiger partial charge is 0.337 e. The van der Waals surface area contributed by atoms with Gasteiger partial charge >= 0.3 is 5.97 Å². The molecule has 4 aliphatic rings. The van der Waals surface area contributed by atoms with E-state index in [1.807, 2.05) is 0 Å². The fourth-order valence-electron chi connectivity index (χ4n) is 4.64. The molecule has 0 saturated carbocycles. The normalized spacial score (nSPS) is 36.7. The van der Waals surface area contributed by atoms with Crippen molar-refractivity contribution in [2.45, 2.75) is 18.3 Å². The minimum atomic E-state index is -0.477. The highest BCUT2D eigenvalue weighted by Crippen LogP contribution is 2.54. The number of rotatable bonds is 2. The summed E-state index contributed by atoms with van der Waals surface area (Å²) >= 11 is 0. The van der Waals surface area contributed by atoms with Crippen LogP contribution in [0.3, 0.4) is 0 Å². The van der Waals surface area contributed by atoms with Crippen molar-refractivity contribution in [2.75, 3.05) is 14.2 Å². The second kappa shape index (κ2) is 5.14. The summed E-state index contributed by atoms with van der Waals surface area (Å²) in [6.07, 6.45) is -1.23. The van der Waals surface area contributed by atoms with Crippen molar-refractivity contribution < 1.29 is 28.7 Å². The highest BCUT2D eigenvalue weighted by Gasteiger charge is 2.71. The lowest BCUT2D eigenvalue weighted by Gasteiger charge is -2.26. The van der Waals surface area contributed by atoms with Crippen LogP contribution in [0.25, 0.3) is 0 Å². The lowest BCUT2D eigenvalue weighted by atomic mass is 9.71. The predicted molar refractivity (Wildman–Crippen MR) is 86.1 cm³/mol. The Kier molecular flexibility index (Phi) is 3.06. The van der Waals surface area contributed by atoms with Gasteiger partial charge in [-0.1, -0.05) is 17.3 Å².